The molecule has 1 unspecified atom stereocenters. The van der Waals surface area contributed by atoms with Gasteiger partial charge in [0.05, 0.1) is 5.41 Å². The van der Waals surface area contributed by atoms with Crippen molar-refractivity contribution in [1.82, 2.24) is 0 Å². The first-order valence-electron chi connectivity index (χ1n) is 5.84. The van der Waals surface area contributed by atoms with Gasteiger partial charge in [-0.05, 0) is 33.1 Å². The molecule has 1 saturated carbocycles. The van der Waals surface area contributed by atoms with Gasteiger partial charge in [-0.3, -0.25) is 4.79 Å². The van der Waals surface area contributed by atoms with Crippen molar-refractivity contribution in [3.8, 4) is 0 Å². The summed E-state index contributed by atoms with van der Waals surface area (Å²) in [6.07, 6.45) is 3.03. The average molecular weight is 214 g/mol. The van der Waals surface area contributed by atoms with Crippen molar-refractivity contribution < 1.29 is 4.79 Å². The number of Topliss-reactive ketones (excluding diaryl/α,β-unsaturated/α-hetero) is 1. The zero-order valence-corrected chi connectivity index (χ0v) is 10.0. The van der Waals surface area contributed by atoms with Crippen molar-refractivity contribution in [2.24, 2.45) is 5.41 Å². The predicted molar refractivity (Wildman–Crippen MR) is 66.6 cm³/mol. The summed E-state index contributed by atoms with van der Waals surface area (Å²) >= 11 is 0. The zero-order chi connectivity index (χ0) is 11.8. The lowest BCUT2D eigenvalue weighted by Crippen LogP contribution is -2.25. The van der Waals surface area contributed by atoms with Gasteiger partial charge in [0.15, 0.2) is 5.78 Å². The van der Waals surface area contributed by atoms with Crippen molar-refractivity contribution in [2.45, 2.75) is 33.1 Å². The summed E-state index contributed by atoms with van der Waals surface area (Å²) in [6.45, 7) is 8.12. The Balaban J connectivity index is 2.32. The van der Waals surface area contributed by atoms with Crippen molar-refractivity contribution in [3.05, 3.63) is 47.5 Å². The number of carbonyl (C=O) groups is 1. The molecule has 0 heterocycles. The van der Waals surface area contributed by atoms with Crippen LogP contribution in [0.25, 0.3) is 0 Å². The predicted octanol–water partition coefficient (Wildman–Crippen LogP) is 3.92. The largest absolute Gasteiger partial charge is 0.293 e. The first kappa shape index (κ1) is 11.1. The molecule has 16 heavy (non-hydrogen) atoms. The summed E-state index contributed by atoms with van der Waals surface area (Å²) in [5.41, 5.74) is 2.77. The number of benzene rings is 1. The highest BCUT2D eigenvalue weighted by Crippen LogP contribution is 2.43. The molecule has 0 saturated heterocycles. The summed E-state index contributed by atoms with van der Waals surface area (Å²) in [5, 5.41) is 0. The van der Waals surface area contributed by atoms with Crippen LogP contribution in [0.3, 0.4) is 0 Å². The summed E-state index contributed by atoms with van der Waals surface area (Å²) in [5.74, 6) is 0.231. The molecule has 1 fully saturated rings. The summed E-state index contributed by atoms with van der Waals surface area (Å²) < 4.78 is 0. The molecule has 0 N–H and O–H groups in total. The average Bonchev–Trinajstić information content (AvgIpc) is 2.61. The van der Waals surface area contributed by atoms with E-state index in [-0.39, 0.29) is 11.2 Å². The quantitative estimate of drug-likeness (QED) is 0.538. The van der Waals surface area contributed by atoms with Crippen LogP contribution in [0.1, 0.15) is 42.1 Å². The van der Waals surface area contributed by atoms with Gasteiger partial charge in [-0.2, -0.15) is 0 Å². The van der Waals surface area contributed by atoms with Crippen molar-refractivity contribution >= 4 is 5.78 Å². The SMILES string of the molecule is C=C1CCCC1(C)C(=O)c1ccc(C)cc1. The van der Waals surface area contributed by atoms with E-state index < -0.39 is 0 Å². The van der Waals surface area contributed by atoms with Crippen LogP contribution in [0.5, 0.6) is 0 Å². The third-order valence-electron chi connectivity index (χ3n) is 3.75. The molecule has 1 aromatic rings. The van der Waals surface area contributed by atoms with Gasteiger partial charge in [-0.1, -0.05) is 42.0 Å². The van der Waals surface area contributed by atoms with Crippen LogP contribution in [0.2, 0.25) is 0 Å². The monoisotopic (exact) mass is 214 g/mol. The van der Waals surface area contributed by atoms with E-state index in [1.165, 1.54) is 5.56 Å². The lowest BCUT2D eigenvalue weighted by Gasteiger charge is -2.23. The molecule has 0 aromatic heterocycles. The number of hydrogen-bond acceptors (Lipinski definition) is 1. The van der Waals surface area contributed by atoms with Gasteiger partial charge in [0.25, 0.3) is 0 Å². The highest BCUT2D eigenvalue weighted by atomic mass is 16.1. The molecular formula is C15H18O. The van der Waals surface area contributed by atoms with Crippen LogP contribution in [0.4, 0.5) is 0 Å². The van der Waals surface area contributed by atoms with E-state index in [4.69, 9.17) is 0 Å². The van der Waals surface area contributed by atoms with Gasteiger partial charge >= 0.3 is 0 Å². The van der Waals surface area contributed by atoms with Crippen LogP contribution >= 0.6 is 0 Å². The highest BCUT2D eigenvalue weighted by molar-refractivity contribution is 6.02. The fraction of sp³-hybridized carbons (Fsp3) is 0.400. The second-order valence-corrected chi connectivity index (χ2v) is 4.98. The van der Waals surface area contributed by atoms with E-state index in [0.717, 1.165) is 30.4 Å². The van der Waals surface area contributed by atoms with Crippen molar-refractivity contribution in [1.29, 1.82) is 0 Å². The maximum atomic E-state index is 12.4. The molecule has 1 atom stereocenters. The van der Waals surface area contributed by atoms with Gasteiger partial charge in [-0.15, -0.1) is 0 Å². The number of ketones is 1. The Morgan fingerprint density at radius 2 is 1.94 bits per heavy atom. The Labute approximate surface area is 97.2 Å². The van der Waals surface area contributed by atoms with E-state index in [1.54, 1.807) is 0 Å². The number of allylic oxidation sites excluding steroid dienone is 1. The number of carbonyl (C=O) groups excluding carboxylic acids is 1. The van der Waals surface area contributed by atoms with Gasteiger partial charge in [0.2, 0.25) is 0 Å². The second-order valence-electron chi connectivity index (χ2n) is 4.98. The molecular weight excluding hydrogens is 196 g/mol. The number of rotatable bonds is 2. The molecule has 0 radical (unpaired) electrons. The maximum absolute atomic E-state index is 12.4. The van der Waals surface area contributed by atoms with E-state index in [0.29, 0.717) is 0 Å². The highest BCUT2D eigenvalue weighted by Gasteiger charge is 2.39. The van der Waals surface area contributed by atoms with Crippen LogP contribution < -0.4 is 0 Å². The standard InChI is InChI=1S/C15H18O/c1-11-6-8-13(9-7-11)14(16)15(3)10-4-5-12(15)2/h6-9H,2,4-5,10H2,1,3H3. The molecule has 2 rings (SSSR count). The second kappa shape index (κ2) is 3.89. The van der Waals surface area contributed by atoms with Crippen LogP contribution in [0, 0.1) is 12.3 Å². The summed E-state index contributed by atoms with van der Waals surface area (Å²) in [6, 6.07) is 7.84. The van der Waals surface area contributed by atoms with Crippen LogP contribution in [-0.4, -0.2) is 5.78 Å². The molecule has 0 aliphatic heterocycles. The minimum atomic E-state index is -0.324. The Bertz CT molecular complexity index is 427. The molecule has 0 spiro atoms. The maximum Gasteiger partial charge on any atom is 0.172 e. The number of hydrogen-bond donors (Lipinski definition) is 0. The minimum absolute atomic E-state index is 0.231. The summed E-state index contributed by atoms with van der Waals surface area (Å²) in [4.78, 5) is 12.4. The number of aryl methyl sites for hydroxylation is 1. The van der Waals surface area contributed by atoms with E-state index in [9.17, 15) is 4.79 Å². The smallest absolute Gasteiger partial charge is 0.172 e. The van der Waals surface area contributed by atoms with E-state index in [1.807, 2.05) is 38.1 Å². The Morgan fingerprint density at radius 1 is 1.31 bits per heavy atom. The van der Waals surface area contributed by atoms with Gasteiger partial charge in [-0.25, -0.2) is 0 Å². The normalized spacial score (nSPS) is 24.8. The first-order valence-corrected chi connectivity index (χ1v) is 5.84. The molecule has 0 amide bonds. The minimum Gasteiger partial charge on any atom is -0.293 e. The van der Waals surface area contributed by atoms with Gasteiger partial charge in [0.1, 0.15) is 0 Å². The molecule has 1 aliphatic carbocycles. The van der Waals surface area contributed by atoms with Crippen molar-refractivity contribution in [3.63, 3.8) is 0 Å². The van der Waals surface area contributed by atoms with E-state index >= 15 is 0 Å². The third kappa shape index (κ3) is 1.71. The zero-order valence-electron chi connectivity index (χ0n) is 10.0. The molecule has 0 bridgehead atoms. The topological polar surface area (TPSA) is 17.1 Å². The van der Waals surface area contributed by atoms with Crippen molar-refractivity contribution in [2.75, 3.05) is 0 Å². The Morgan fingerprint density at radius 3 is 2.44 bits per heavy atom. The summed E-state index contributed by atoms with van der Waals surface area (Å²) in [7, 11) is 0. The molecule has 84 valence electrons. The third-order valence-corrected chi connectivity index (χ3v) is 3.75. The van der Waals surface area contributed by atoms with Gasteiger partial charge in [0, 0.05) is 5.56 Å². The fourth-order valence-corrected chi connectivity index (χ4v) is 2.41. The molecule has 1 aromatic carbocycles. The molecule has 1 nitrogen and oxygen atoms in total. The molecule has 1 heteroatoms. The van der Waals surface area contributed by atoms with E-state index in [2.05, 4.69) is 6.58 Å². The lowest BCUT2D eigenvalue weighted by molar-refractivity contribution is 0.0864. The Hall–Kier alpha value is -1.37. The molecule has 1 aliphatic rings. The first-order chi connectivity index (χ1) is 7.54. The lowest BCUT2D eigenvalue weighted by atomic mass is 9.78. The Kier molecular flexibility index (Phi) is 2.71. The van der Waals surface area contributed by atoms with Gasteiger partial charge < -0.3 is 0 Å². The van der Waals surface area contributed by atoms with Crippen LogP contribution in [-0.2, 0) is 0 Å². The van der Waals surface area contributed by atoms with Crippen LogP contribution in [0.15, 0.2) is 36.4 Å². The fourth-order valence-electron chi connectivity index (χ4n) is 2.41.